The predicted molar refractivity (Wildman–Crippen MR) is 68.7 cm³/mol. The summed E-state index contributed by atoms with van der Waals surface area (Å²) in [5, 5.41) is 11.6. The van der Waals surface area contributed by atoms with Crippen molar-refractivity contribution in [1.82, 2.24) is 9.97 Å². The van der Waals surface area contributed by atoms with Gasteiger partial charge in [-0.05, 0) is 12.1 Å². The lowest BCUT2D eigenvalue weighted by molar-refractivity contribution is 0.0690. The van der Waals surface area contributed by atoms with Gasteiger partial charge in [0.15, 0.2) is 5.69 Å². The van der Waals surface area contributed by atoms with E-state index in [0.29, 0.717) is 0 Å². The Morgan fingerprint density at radius 3 is 2.32 bits per heavy atom. The first kappa shape index (κ1) is 13.5. The maximum Gasteiger partial charge on any atom is 0.356 e. The molecule has 2 rings (SSSR count). The molecule has 0 radical (unpaired) electrons. The number of nitrogens with one attached hydrogen (secondary N) is 1. The Bertz CT molecular complexity index is 611. The maximum atomic E-state index is 13.0. The molecule has 0 aliphatic carbocycles. The fourth-order valence-corrected chi connectivity index (χ4v) is 1.85. The quantitative estimate of drug-likeness (QED) is 0.909. The van der Waals surface area contributed by atoms with E-state index in [1.165, 1.54) is 6.20 Å². The van der Waals surface area contributed by atoms with Gasteiger partial charge in [0.25, 0.3) is 0 Å². The van der Waals surface area contributed by atoms with Crippen LogP contribution in [0.15, 0.2) is 24.5 Å². The highest BCUT2D eigenvalue weighted by Gasteiger charge is 2.10. The molecule has 0 aliphatic heterocycles. The van der Waals surface area contributed by atoms with E-state index in [0.717, 1.165) is 18.3 Å². The van der Waals surface area contributed by atoms with Gasteiger partial charge in [-0.2, -0.15) is 0 Å². The highest BCUT2D eigenvalue weighted by atomic mass is 35.5. The van der Waals surface area contributed by atoms with Crippen LogP contribution in [0, 0.1) is 5.82 Å². The number of anilines is 2. The van der Waals surface area contributed by atoms with Gasteiger partial charge >= 0.3 is 5.97 Å². The van der Waals surface area contributed by atoms with Gasteiger partial charge in [0.1, 0.15) is 11.6 Å². The molecule has 0 unspecified atom stereocenters. The molecule has 0 fully saturated rings. The van der Waals surface area contributed by atoms with Gasteiger partial charge in [-0.15, -0.1) is 0 Å². The van der Waals surface area contributed by atoms with Gasteiger partial charge in [0.2, 0.25) is 0 Å². The summed E-state index contributed by atoms with van der Waals surface area (Å²) >= 11 is 11.7. The van der Waals surface area contributed by atoms with Crippen LogP contribution in [0.25, 0.3) is 0 Å². The minimum Gasteiger partial charge on any atom is -0.476 e. The van der Waals surface area contributed by atoms with Crippen molar-refractivity contribution in [1.29, 1.82) is 0 Å². The minimum atomic E-state index is -1.18. The SMILES string of the molecule is O=C(O)c1cnc(Nc2c(Cl)cc(F)cc2Cl)cn1. The van der Waals surface area contributed by atoms with Crippen LogP contribution >= 0.6 is 23.2 Å². The third kappa shape index (κ3) is 3.10. The van der Waals surface area contributed by atoms with E-state index in [9.17, 15) is 9.18 Å². The smallest absolute Gasteiger partial charge is 0.356 e. The molecule has 1 aromatic heterocycles. The van der Waals surface area contributed by atoms with Crippen LogP contribution in [-0.4, -0.2) is 21.0 Å². The fraction of sp³-hybridized carbons (Fsp3) is 0. The second-order valence-corrected chi connectivity index (χ2v) is 4.28. The van der Waals surface area contributed by atoms with Gasteiger partial charge in [0.05, 0.1) is 28.1 Å². The molecule has 0 saturated carbocycles. The second-order valence-electron chi connectivity index (χ2n) is 3.46. The van der Waals surface area contributed by atoms with Gasteiger partial charge in [-0.1, -0.05) is 23.2 Å². The number of carboxylic acids is 1. The second kappa shape index (κ2) is 5.38. The first-order valence-electron chi connectivity index (χ1n) is 4.94. The average Bonchev–Trinajstić information content (AvgIpc) is 2.34. The van der Waals surface area contributed by atoms with E-state index in [1.54, 1.807) is 0 Å². The molecule has 2 N–H and O–H groups in total. The molecule has 1 heterocycles. The number of nitrogens with zero attached hydrogens (tertiary/aromatic N) is 2. The summed E-state index contributed by atoms with van der Waals surface area (Å²) in [7, 11) is 0. The minimum absolute atomic E-state index is 0.0779. The van der Waals surface area contributed by atoms with Crippen molar-refractivity contribution in [2.45, 2.75) is 0 Å². The summed E-state index contributed by atoms with van der Waals surface area (Å²) < 4.78 is 13.0. The van der Waals surface area contributed by atoms with E-state index in [4.69, 9.17) is 28.3 Å². The van der Waals surface area contributed by atoms with Crippen LogP contribution in [0.5, 0.6) is 0 Å². The summed E-state index contributed by atoms with van der Waals surface area (Å²) in [6.07, 6.45) is 2.29. The van der Waals surface area contributed by atoms with Gasteiger partial charge in [-0.25, -0.2) is 19.2 Å². The summed E-state index contributed by atoms with van der Waals surface area (Å²) in [5.74, 6) is -1.51. The third-order valence-corrected chi connectivity index (χ3v) is 2.73. The summed E-state index contributed by atoms with van der Waals surface area (Å²) in [4.78, 5) is 18.1. The van der Waals surface area contributed by atoms with Gasteiger partial charge in [0, 0.05) is 0 Å². The van der Waals surface area contributed by atoms with Gasteiger partial charge < -0.3 is 10.4 Å². The number of aromatic nitrogens is 2. The molecule has 8 heteroatoms. The Morgan fingerprint density at radius 1 is 1.21 bits per heavy atom. The van der Waals surface area contributed by atoms with Crippen LogP contribution in [0.1, 0.15) is 10.5 Å². The Balaban J connectivity index is 2.29. The Kier molecular flexibility index (Phi) is 3.82. The van der Waals surface area contributed by atoms with E-state index in [1.807, 2.05) is 0 Å². The summed E-state index contributed by atoms with van der Waals surface area (Å²) in [6, 6.07) is 2.18. The van der Waals surface area contributed by atoms with Crippen LogP contribution in [0.2, 0.25) is 10.0 Å². The zero-order chi connectivity index (χ0) is 14.0. The van der Waals surface area contributed by atoms with E-state index in [2.05, 4.69) is 15.3 Å². The van der Waals surface area contributed by atoms with Crippen LogP contribution in [0.3, 0.4) is 0 Å². The molecule has 98 valence electrons. The Hall–Kier alpha value is -1.92. The normalized spacial score (nSPS) is 10.3. The van der Waals surface area contributed by atoms with Crippen LogP contribution in [0.4, 0.5) is 15.9 Å². The molecular weight excluding hydrogens is 296 g/mol. The molecule has 1 aromatic carbocycles. The van der Waals surface area contributed by atoms with E-state index < -0.39 is 11.8 Å². The predicted octanol–water partition coefficient (Wildman–Crippen LogP) is 3.36. The number of hydrogen-bond acceptors (Lipinski definition) is 4. The highest BCUT2D eigenvalue weighted by molar-refractivity contribution is 6.39. The fourth-order valence-electron chi connectivity index (χ4n) is 1.29. The van der Waals surface area contributed by atoms with Crippen LogP contribution < -0.4 is 5.32 Å². The number of carbonyl (C=O) groups is 1. The van der Waals surface area contributed by atoms with Crippen LogP contribution in [-0.2, 0) is 0 Å². The number of rotatable bonds is 3. The molecule has 5 nitrogen and oxygen atoms in total. The summed E-state index contributed by atoms with van der Waals surface area (Å²) in [6.45, 7) is 0. The zero-order valence-electron chi connectivity index (χ0n) is 9.19. The first-order valence-corrected chi connectivity index (χ1v) is 5.70. The number of carboxylic acid groups (broad SMARTS) is 1. The third-order valence-electron chi connectivity index (χ3n) is 2.13. The molecule has 0 spiro atoms. The number of benzene rings is 1. The van der Waals surface area contributed by atoms with Crippen molar-refractivity contribution < 1.29 is 14.3 Å². The van der Waals surface area contributed by atoms with Crippen molar-refractivity contribution >= 4 is 40.7 Å². The molecule has 0 aliphatic rings. The lowest BCUT2D eigenvalue weighted by Crippen LogP contribution is -2.03. The van der Waals surface area contributed by atoms with E-state index in [-0.39, 0.29) is 27.2 Å². The Labute approximate surface area is 117 Å². The standard InChI is InChI=1S/C11H6Cl2FN3O2/c12-6-1-5(14)2-7(13)10(6)17-9-4-15-8(3-16-9)11(18)19/h1-4H,(H,16,17)(H,18,19). The molecular formula is C11H6Cl2FN3O2. The topological polar surface area (TPSA) is 75.1 Å². The maximum absolute atomic E-state index is 13.0. The molecule has 19 heavy (non-hydrogen) atoms. The highest BCUT2D eigenvalue weighted by Crippen LogP contribution is 2.33. The Morgan fingerprint density at radius 2 is 1.84 bits per heavy atom. The van der Waals surface area contributed by atoms with Crippen molar-refractivity contribution in [2.24, 2.45) is 0 Å². The molecule has 0 bridgehead atoms. The van der Waals surface area contributed by atoms with E-state index >= 15 is 0 Å². The largest absolute Gasteiger partial charge is 0.476 e. The number of hydrogen-bond donors (Lipinski definition) is 2. The van der Waals surface area contributed by atoms with Crippen molar-refractivity contribution in [2.75, 3.05) is 5.32 Å². The molecule has 0 saturated heterocycles. The number of aromatic carboxylic acids is 1. The van der Waals surface area contributed by atoms with Gasteiger partial charge in [-0.3, -0.25) is 0 Å². The first-order chi connectivity index (χ1) is 8.97. The number of halogens is 3. The average molecular weight is 302 g/mol. The van der Waals surface area contributed by atoms with Crippen molar-refractivity contribution in [3.05, 3.63) is 46.1 Å². The monoisotopic (exact) mass is 301 g/mol. The lowest BCUT2D eigenvalue weighted by atomic mass is 10.3. The molecule has 0 amide bonds. The zero-order valence-corrected chi connectivity index (χ0v) is 10.7. The van der Waals surface area contributed by atoms with Crippen molar-refractivity contribution in [3.63, 3.8) is 0 Å². The van der Waals surface area contributed by atoms with Crippen molar-refractivity contribution in [3.8, 4) is 0 Å². The lowest BCUT2D eigenvalue weighted by Gasteiger charge is -2.09. The molecule has 2 aromatic rings. The molecule has 0 atom stereocenters. The summed E-state index contributed by atoms with van der Waals surface area (Å²) in [5.41, 5.74) is 0.0731.